The minimum Gasteiger partial charge on any atom is -0.387 e. The van der Waals surface area contributed by atoms with E-state index in [1.807, 2.05) is 0 Å². The molecule has 5 rings (SSSR count). The van der Waals surface area contributed by atoms with Gasteiger partial charge in [-0.1, -0.05) is 6.42 Å². The molecule has 1 aliphatic heterocycles. The highest BCUT2D eigenvalue weighted by Crippen LogP contribution is 2.45. The molecule has 8 nitrogen and oxygen atoms in total. The lowest BCUT2D eigenvalue weighted by Gasteiger charge is -2.23. The molecule has 0 amide bonds. The van der Waals surface area contributed by atoms with Crippen molar-refractivity contribution in [3.05, 3.63) is 12.7 Å². The lowest BCUT2D eigenvalue weighted by atomic mass is 9.95. The zero-order valence-corrected chi connectivity index (χ0v) is 14.2. The average molecular weight is 363 g/mol. The second kappa shape index (κ2) is 6.11. The van der Waals surface area contributed by atoms with Gasteiger partial charge < -0.3 is 20.3 Å². The third kappa shape index (κ3) is 2.41. The number of imidazole rings is 1. The Labute approximate surface area is 149 Å². The summed E-state index contributed by atoms with van der Waals surface area (Å²) in [6, 6.07) is 0.406. The molecule has 0 spiro atoms. The van der Waals surface area contributed by atoms with Crippen LogP contribution < -0.4 is 5.32 Å². The normalized spacial score (nSPS) is 39.1. The van der Waals surface area contributed by atoms with Crippen molar-refractivity contribution in [2.75, 3.05) is 12.0 Å². The van der Waals surface area contributed by atoms with Crippen molar-refractivity contribution in [2.24, 2.45) is 11.8 Å². The quantitative estimate of drug-likeness (QED) is 0.745. The average Bonchev–Trinajstić information content (AvgIpc) is 3.41. The van der Waals surface area contributed by atoms with Crippen molar-refractivity contribution in [3.63, 3.8) is 0 Å². The maximum Gasteiger partial charge on any atom is 0.167 e. The summed E-state index contributed by atoms with van der Waals surface area (Å²) in [5.74, 6) is 2.17. The molecular weight excluding hydrogens is 341 g/mol. The van der Waals surface area contributed by atoms with Crippen molar-refractivity contribution in [1.82, 2.24) is 19.5 Å². The van der Waals surface area contributed by atoms with E-state index < -0.39 is 31.2 Å². The Morgan fingerprint density at radius 3 is 2.77 bits per heavy atom. The number of hydrogen-bond acceptors (Lipinski definition) is 7. The van der Waals surface area contributed by atoms with E-state index in [0.717, 1.165) is 12.3 Å². The smallest absolute Gasteiger partial charge is 0.167 e. The number of fused-ring (bicyclic) bond motifs is 3. The highest BCUT2D eigenvalue weighted by molar-refractivity contribution is 5.82. The molecule has 1 saturated heterocycles. The van der Waals surface area contributed by atoms with Gasteiger partial charge in [-0.05, 0) is 31.1 Å². The number of nitrogens with zero attached hydrogens (tertiary/aromatic N) is 4. The maximum absolute atomic E-state index is 13.0. The molecule has 0 aromatic carbocycles. The molecule has 9 heteroatoms. The molecule has 7 atom stereocenters. The van der Waals surface area contributed by atoms with Gasteiger partial charge in [0.1, 0.15) is 31.3 Å². The minimum atomic E-state index is -1.28. The van der Waals surface area contributed by atoms with Gasteiger partial charge in [0, 0.05) is 6.04 Å². The number of anilines is 1. The summed E-state index contributed by atoms with van der Waals surface area (Å²) < 4.78 is 20.0. The molecule has 3 fully saturated rings. The molecule has 2 aromatic heterocycles. The van der Waals surface area contributed by atoms with E-state index in [2.05, 4.69) is 20.3 Å². The van der Waals surface area contributed by atoms with E-state index in [9.17, 15) is 14.6 Å². The Morgan fingerprint density at radius 1 is 1.19 bits per heavy atom. The molecule has 2 aromatic rings. The predicted octanol–water partition coefficient (Wildman–Crippen LogP) is 1.02. The molecule has 3 unspecified atom stereocenters. The molecule has 0 radical (unpaired) electrons. The third-order valence-electron chi connectivity index (χ3n) is 6.18. The van der Waals surface area contributed by atoms with Gasteiger partial charge in [0.2, 0.25) is 0 Å². The van der Waals surface area contributed by atoms with Crippen LogP contribution in [0, 0.1) is 11.8 Å². The number of hydrogen-bond donors (Lipinski definition) is 3. The second-order valence-electron chi connectivity index (χ2n) is 7.67. The van der Waals surface area contributed by atoms with E-state index in [-0.39, 0.29) is 0 Å². The van der Waals surface area contributed by atoms with Gasteiger partial charge in [0.05, 0.1) is 6.33 Å². The van der Waals surface area contributed by atoms with Crippen LogP contribution in [-0.4, -0.2) is 60.8 Å². The summed E-state index contributed by atoms with van der Waals surface area (Å²) in [5.41, 5.74) is 1.07. The van der Waals surface area contributed by atoms with Gasteiger partial charge >= 0.3 is 0 Å². The zero-order chi connectivity index (χ0) is 17.8. The molecule has 2 aliphatic carbocycles. The van der Waals surface area contributed by atoms with E-state index in [4.69, 9.17) is 4.74 Å². The van der Waals surface area contributed by atoms with Gasteiger partial charge in [-0.2, -0.15) is 0 Å². The van der Waals surface area contributed by atoms with Crippen LogP contribution >= 0.6 is 0 Å². The summed E-state index contributed by atoms with van der Waals surface area (Å²) >= 11 is 0. The lowest BCUT2D eigenvalue weighted by molar-refractivity contribution is -0.0409. The first-order valence-electron chi connectivity index (χ1n) is 9.17. The Kier molecular flexibility index (Phi) is 3.84. The van der Waals surface area contributed by atoms with E-state index in [1.54, 1.807) is 0 Å². The highest BCUT2D eigenvalue weighted by atomic mass is 19.1. The molecule has 140 valence electrons. The van der Waals surface area contributed by atoms with Gasteiger partial charge in [0.15, 0.2) is 23.2 Å². The standard InChI is InChI=1S/C17H22FN5O3/c18-5-11-13(24)14(25)17(26-11)23-7-21-12-15(19-6-20-16(12)23)22-10-4-8-1-2-9(10)3-8/h6-11,13-14,17,24-25H,1-5H2,(H,19,20,22)/t8?,9?,10?,11-,13-,14-,17-/m1/s1. The fraction of sp³-hybridized carbons (Fsp3) is 0.706. The summed E-state index contributed by atoms with van der Waals surface area (Å²) in [7, 11) is 0. The number of aromatic nitrogens is 4. The van der Waals surface area contributed by atoms with Gasteiger partial charge in [-0.25, -0.2) is 19.3 Å². The predicted molar refractivity (Wildman–Crippen MR) is 90.1 cm³/mol. The number of rotatable bonds is 4. The van der Waals surface area contributed by atoms with Gasteiger partial charge in [0.25, 0.3) is 0 Å². The Hall–Kier alpha value is -1.84. The number of nitrogens with one attached hydrogen (secondary N) is 1. The van der Waals surface area contributed by atoms with Crippen LogP contribution in [0.3, 0.4) is 0 Å². The third-order valence-corrected chi connectivity index (χ3v) is 6.18. The van der Waals surface area contributed by atoms with Crippen molar-refractivity contribution < 1.29 is 19.3 Å². The summed E-state index contributed by atoms with van der Waals surface area (Å²) in [6.07, 6.45) is 3.45. The van der Waals surface area contributed by atoms with Crippen LogP contribution in [0.2, 0.25) is 0 Å². The number of aliphatic hydroxyl groups excluding tert-OH is 2. The lowest BCUT2D eigenvalue weighted by Crippen LogP contribution is -2.32. The van der Waals surface area contributed by atoms with Crippen LogP contribution in [0.15, 0.2) is 12.7 Å². The fourth-order valence-corrected chi connectivity index (χ4v) is 4.83. The topological polar surface area (TPSA) is 105 Å². The molecule has 26 heavy (non-hydrogen) atoms. The van der Waals surface area contributed by atoms with Crippen LogP contribution in [0.5, 0.6) is 0 Å². The first kappa shape index (κ1) is 16.3. The van der Waals surface area contributed by atoms with Crippen LogP contribution in [0.25, 0.3) is 11.2 Å². The molecule has 3 heterocycles. The Balaban J connectivity index is 1.44. The van der Waals surface area contributed by atoms with Crippen LogP contribution in [0.1, 0.15) is 31.9 Å². The first-order valence-corrected chi connectivity index (χ1v) is 9.17. The van der Waals surface area contributed by atoms with Crippen LogP contribution in [0.4, 0.5) is 10.2 Å². The highest BCUT2D eigenvalue weighted by Gasteiger charge is 2.44. The second-order valence-corrected chi connectivity index (χ2v) is 7.67. The van der Waals surface area contributed by atoms with Crippen LogP contribution in [-0.2, 0) is 4.74 Å². The number of aliphatic hydroxyl groups is 2. The summed E-state index contributed by atoms with van der Waals surface area (Å²) in [6.45, 7) is -0.868. The molecule has 2 bridgehead atoms. The van der Waals surface area contributed by atoms with Gasteiger partial charge in [-0.15, -0.1) is 0 Å². The summed E-state index contributed by atoms with van der Waals surface area (Å²) in [4.78, 5) is 13.0. The first-order chi connectivity index (χ1) is 12.7. The Bertz CT molecular complexity index is 817. The minimum absolute atomic E-state index is 0.406. The summed E-state index contributed by atoms with van der Waals surface area (Å²) in [5, 5.41) is 23.6. The largest absolute Gasteiger partial charge is 0.387 e. The zero-order valence-electron chi connectivity index (χ0n) is 14.2. The molecule has 2 saturated carbocycles. The number of ether oxygens (including phenoxy) is 1. The molecular formula is C17H22FN5O3. The van der Waals surface area contributed by atoms with E-state index in [0.29, 0.717) is 28.9 Å². The van der Waals surface area contributed by atoms with Gasteiger partial charge in [-0.3, -0.25) is 4.57 Å². The van der Waals surface area contributed by atoms with Crippen molar-refractivity contribution in [2.45, 2.75) is 56.3 Å². The van der Waals surface area contributed by atoms with Crippen molar-refractivity contribution >= 4 is 17.0 Å². The number of halogens is 1. The molecule has 3 aliphatic rings. The van der Waals surface area contributed by atoms with E-state index in [1.165, 1.54) is 36.5 Å². The number of alkyl halides is 1. The van der Waals surface area contributed by atoms with E-state index >= 15 is 0 Å². The van der Waals surface area contributed by atoms with Crippen molar-refractivity contribution in [3.8, 4) is 0 Å². The SMILES string of the molecule is O[C@@H]1[C@H](O)[C@@H](CF)O[C@H]1n1cnc2c(NC3CC4CCC3C4)ncnc21. The molecule has 3 N–H and O–H groups in total. The van der Waals surface area contributed by atoms with Crippen molar-refractivity contribution in [1.29, 1.82) is 0 Å². The fourth-order valence-electron chi connectivity index (χ4n) is 4.83. The Morgan fingerprint density at radius 2 is 2.08 bits per heavy atom. The maximum atomic E-state index is 13.0. The monoisotopic (exact) mass is 363 g/mol.